The first-order valence-corrected chi connectivity index (χ1v) is 14.8. The van der Waals surface area contributed by atoms with Crippen LogP contribution in [0, 0.1) is 0 Å². The van der Waals surface area contributed by atoms with Gasteiger partial charge in [-0.1, -0.05) is 42.5 Å². The number of para-hydroxylation sites is 2. The number of nitrogens with zero attached hydrogens (tertiary/aromatic N) is 3. The van der Waals surface area contributed by atoms with Crippen molar-refractivity contribution in [3.8, 4) is 17.5 Å². The molecule has 9 heteroatoms. The molecular formula is C33H33N7O2. The highest BCUT2D eigenvalue weighted by Crippen LogP contribution is 2.41. The lowest BCUT2D eigenvalue weighted by Crippen LogP contribution is -2.26. The minimum absolute atomic E-state index is 0.0237. The first-order valence-electron chi connectivity index (χ1n) is 14.8. The lowest BCUT2D eigenvalue weighted by Gasteiger charge is -2.25. The van der Waals surface area contributed by atoms with E-state index in [2.05, 4.69) is 103 Å². The Morgan fingerprint density at radius 3 is 2.26 bits per heavy atom. The number of anilines is 3. The molecule has 212 valence electrons. The quantitative estimate of drug-likeness (QED) is 0.154. The molecule has 5 aromatic rings. The van der Waals surface area contributed by atoms with Crippen molar-refractivity contribution >= 4 is 28.5 Å². The first kappa shape index (κ1) is 25.0. The lowest BCUT2D eigenvalue weighted by molar-refractivity contribution is 0.367. The second-order valence-corrected chi connectivity index (χ2v) is 11.5. The smallest absolute Gasteiger partial charge is 0.328 e. The van der Waals surface area contributed by atoms with Gasteiger partial charge in [-0.25, -0.2) is 0 Å². The highest BCUT2D eigenvalue weighted by atomic mass is 16.5. The topological polar surface area (TPSA) is 109 Å². The number of fused-ring (bicyclic) bond motifs is 2. The fourth-order valence-corrected chi connectivity index (χ4v) is 5.84. The van der Waals surface area contributed by atoms with Gasteiger partial charge in [0.25, 0.3) is 0 Å². The Kier molecular flexibility index (Phi) is 6.09. The van der Waals surface area contributed by atoms with Crippen molar-refractivity contribution in [1.29, 1.82) is 0 Å². The lowest BCUT2D eigenvalue weighted by atomic mass is 9.86. The summed E-state index contributed by atoms with van der Waals surface area (Å²) in [6, 6.07) is 26.6. The van der Waals surface area contributed by atoms with E-state index in [1.807, 2.05) is 6.07 Å². The van der Waals surface area contributed by atoms with Gasteiger partial charge in [-0.15, -0.1) is 0 Å². The van der Waals surface area contributed by atoms with Crippen molar-refractivity contribution in [1.82, 2.24) is 19.9 Å². The van der Waals surface area contributed by atoms with Crippen LogP contribution in [0.15, 0.2) is 72.8 Å². The summed E-state index contributed by atoms with van der Waals surface area (Å²) in [6.45, 7) is 0. The molecule has 42 heavy (non-hydrogen) atoms. The number of H-pyrrole nitrogens is 1. The average Bonchev–Trinajstić information content (AvgIpc) is 3.91. The Balaban J connectivity index is 1.17. The van der Waals surface area contributed by atoms with Gasteiger partial charge >= 0.3 is 6.01 Å². The molecule has 0 saturated heterocycles. The van der Waals surface area contributed by atoms with E-state index in [4.69, 9.17) is 9.47 Å². The van der Waals surface area contributed by atoms with Crippen LogP contribution in [0.25, 0.3) is 10.9 Å². The zero-order chi connectivity index (χ0) is 28.0. The molecular weight excluding hydrogens is 526 g/mol. The summed E-state index contributed by atoms with van der Waals surface area (Å²) in [5.41, 5.74) is 5.87. The molecule has 1 aliphatic heterocycles. The maximum atomic E-state index is 6.40. The summed E-state index contributed by atoms with van der Waals surface area (Å²) in [6.07, 6.45) is 5.40. The van der Waals surface area contributed by atoms with E-state index in [1.165, 1.54) is 16.6 Å². The first-order chi connectivity index (χ1) is 20.7. The minimum atomic E-state index is 0.0237. The second kappa shape index (κ2) is 10.2. The molecule has 0 amide bonds. The molecule has 8 rings (SSSR count). The summed E-state index contributed by atoms with van der Waals surface area (Å²) < 4.78 is 12.1. The van der Waals surface area contributed by atoms with Gasteiger partial charge in [0, 0.05) is 40.9 Å². The number of hydrogen-bond acceptors (Lipinski definition) is 8. The Bertz CT molecular complexity index is 1670. The predicted octanol–water partition coefficient (Wildman–Crippen LogP) is 6.47. The molecule has 0 radical (unpaired) electrons. The van der Waals surface area contributed by atoms with Gasteiger partial charge in [0.15, 0.2) is 11.5 Å². The molecule has 3 heterocycles. The summed E-state index contributed by atoms with van der Waals surface area (Å²) in [4.78, 5) is 17.5. The van der Waals surface area contributed by atoms with Crippen molar-refractivity contribution in [3.05, 3.63) is 89.6 Å². The Labute approximate surface area is 244 Å². The van der Waals surface area contributed by atoms with Gasteiger partial charge in [0.2, 0.25) is 11.9 Å². The molecule has 3 aromatic carbocycles. The van der Waals surface area contributed by atoms with Crippen LogP contribution in [-0.2, 0) is 6.42 Å². The highest BCUT2D eigenvalue weighted by Gasteiger charge is 2.32. The van der Waals surface area contributed by atoms with Crippen molar-refractivity contribution in [2.24, 2.45) is 0 Å². The molecule has 3 aliphatic rings. The summed E-state index contributed by atoms with van der Waals surface area (Å²) in [5.74, 6) is 2.27. The van der Waals surface area contributed by atoms with Crippen molar-refractivity contribution < 1.29 is 9.47 Å². The third kappa shape index (κ3) is 5.06. The van der Waals surface area contributed by atoms with E-state index in [9.17, 15) is 0 Å². The van der Waals surface area contributed by atoms with E-state index in [-0.39, 0.29) is 18.0 Å². The molecule has 2 aromatic heterocycles. The standard InChI is InChI=1S/C33H33N7O2/c1-41-28-15-10-21(18-29(28)42-33-39-31(34-22-11-12-22)38-32(40-33)35-23-13-14-23)30(26-16-19-6-2-4-8-24(19)36-26)27-17-20-7-3-5-9-25(20)37-27/h2-10,15-16,18,22-23,27,30,36-37H,11-14,17H2,1H3,(H2,34,35,38,39,40). The fraction of sp³-hybridized carbons (Fsp3) is 0.303. The van der Waals surface area contributed by atoms with Gasteiger partial charge < -0.3 is 30.4 Å². The van der Waals surface area contributed by atoms with Crippen LogP contribution in [0.2, 0.25) is 0 Å². The number of rotatable bonds is 10. The number of aromatic amines is 1. The van der Waals surface area contributed by atoms with Gasteiger partial charge in [0.05, 0.1) is 7.11 Å². The SMILES string of the molecule is COc1ccc(C(c2cc3ccccc3[nH]2)C2Cc3ccccc3N2)cc1Oc1nc(NC2CC2)nc(NC2CC2)n1. The monoisotopic (exact) mass is 559 g/mol. The van der Waals surface area contributed by atoms with Gasteiger partial charge in [-0.3, -0.25) is 0 Å². The average molecular weight is 560 g/mol. The van der Waals surface area contributed by atoms with Crippen LogP contribution >= 0.6 is 0 Å². The third-order valence-corrected chi connectivity index (χ3v) is 8.27. The summed E-state index contributed by atoms with van der Waals surface area (Å²) >= 11 is 0. The highest BCUT2D eigenvalue weighted by molar-refractivity contribution is 5.80. The minimum Gasteiger partial charge on any atom is -0.493 e. The molecule has 2 fully saturated rings. The van der Waals surface area contributed by atoms with E-state index in [1.54, 1.807) is 7.11 Å². The molecule has 9 nitrogen and oxygen atoms in total. The zero-order valence-corrected chi connectivity index (χ0v) is 23.4. The summed E-state index contributed by atoms with van der Waals surface area (Å²) in [7, 11) is 1.65. The van der Waals surface area contributed by atoms with Crippen molar-refractivity contribution in [2.45, 2.75) is 56.1 Å². The predicted molar refractivity (Wildman–Crippen MR) is 164 cm³/mol. The summed E-state index contributed by atoms with van der Waals surface area (Å²) in [5, 5.41) is 11.8. The molecule has 2 unspecified atom stereocenters. The Morgan fingerprint density at radius 1 is 0.810 bits per heavy atom. The number of methoxy groups -OCH3 is 1. The zero-order valence-electron chi connectivity index (χ0n) is 23.4. The molecule has 2 saturated carbocycles. The molecule has 2 atom stereocenters. The Morgan fingerprint density at radius 2 is 1.55 bits per heavy atom. The number of hydrogen-bond donors (Lipinski definition) is 4. The maximum absolute atomic E-state index is 6.40. The van der Waals surface area contributed by atoms with E-state index in [0.717, 1.165) is 48.9 Å². The van der Waals surface area contributed by atoms with Gasteiger partial charge in [-0.05, 0) is 78.9 Å². The van der Waals surface area contributed by atoms with Crippen LogP contribution in [0.5, 0.6) is 17.5 Å². The normalized spacial score (nSPS) is 18.3. The number of aromatic nitrogens is 4. The van der Waals surface area contributed by atoms with Gasteiger partial charge in [-0.2, -0.15) is 15.0 Å². The third-order valence-electron chi connectivity index (χ3n) is 8.27. The van der Waals surface area contributed by atoms with Crippen molar-refractivity contribution in [2.75, 3.05) is 23.1 Å². The van der Waals surface area contributed by atoms with Crippen LogP contribution in [-0.4, -0.2) is 45.2 Å². The van der Waals surface area contributed by atoms with Crippen LogP contribution in [0.4, 0.5) is 17.6 Å². The molecule has 2 aliphatic carbocycles. The second-order valence-electron chi connectivity index (χ2n) is 11.5. The molecule has 0 spiro atoms. The number of nitrogens with one attached hydrogen (secondary N) is 4. The largest absolute Gasteiger partial charge is 0.493 e. The van der Waals surface area contributed by atoms with E-state index < -0.39 is 0 Å². The Hall–Kier alpha value is -4.79. The van der Waals surface area contributed by atoms with Crippen LogP contribution < -0.4 is 25.4 Å². The van der Waals surface area contributed by atoms with Gasteiger partial charge in [0.1, 0.15) is 0 Å². The molecule has 4 N–H and O–H groups in total. The fourth-order valence-electron chi connectivity index (χ4n) is 5.84. The van der Waals surface area contributed by atoms with Crippen LogP contribution in [0.1, 0.15) is 48.4 Å². The maximum Gasteiger partial charge on any atom is 0.328 e. The van der Waals surface area contributed by atoms with Crippen molar-refractivity contribution in [3.63, 3.8) is 0 Å². The molecule has 0 bridgehead atoms. The van der Waals surface area contributed by atoms with Crippen LogP contribution in [0.3, 0.4) is 0 Å². The van der Waals surface area contributed by atoms with E-state index >= 15 is 0 Å². The number of ether oxygens (including phenoxy) is 2. The number of benzene rings is 3. The van der Waals surface area contributed by atoms with E-state index in [0.29, 0.717) is 35.5 Å².